The minimum atomic E-state index is -4.59. The topological polar surface area (TPSA) is 86.0 Å². The number of nitrogens with two attached hydrogens (primary N) is 1. The summed E-state index contributed by atoms with van der Waals surface area (Å²) in [7, 11) is 1.12. The molecule has 0 spiro atoms. The maximum Gasteiger partial charge on any atom is 0.416 e. The Morgan fingerprint density at radius 1 is 1.22 bits per heavy atom. The van der Waals surface area contributed by atoms with E-state index < -0.39 is 17.7 Å². The highest BCUT2D eigenvalue weighted by atomic mass is 19.4. The molecule has 0 aliphatic rings. The molecule has 1 aromatic carbocycles. The lowest BCUT2D eigenvalue weighted by atomic mass is 10.1. The van der Waals surface area contributed by atoms with E-state index in [9.17, 15) is 23.2 Å². The number of carbonyl (C=O) groups excluding carboxylic acids is 1. The Balaban J connectivity index is 2.36. The molecule has 2 N–H and O–H groups in total. The molecule has 0 bridgehead atoms. The van der Waals surface area contributed by atoms with Gasteiger partial charge in [0.1, 0.15) is 6.07 Å². The van der Waals surface area contributed by atoms with Gasteiger partial charge in [-0.2, -0.15) is 18.4 Å². The van der Waals surface area contributed by atoms with Crippen molar-refractivity contribution in [3.05, 3.63) is 65.7 Å². The number of benzene rings is 1. The monoisotopic (exact) mass is 374 g/mol. The number of rotatable bonds is 3. The summed E-state index contributed by atoms with van der Waals surface area (Å²) in [5, 5.41) is 9.21. The number of carbonyl (C=O) groups is 1. The average Bonchev–Trinajstić information content (AvgIpc) is 3.27. The second-order valence-electron chi connectivity index (χ2n) is 5.57. The average molecular weight is 374 g/mol. The van der Waals surface area contributed by atoms with Gasteiger partial charge in [0.15, 0.2) is 5.69 Å². The summed E-state index contributed by atoms with van der Waals surface area (Å²) >= 11 is 0. The van der Waals surface area contributed by atoms with E-state index in [2.05, 4.69) is 4.74 Å². The van der Waals surface area contributed by atoms with Crippen molar-refractivity contribution in [1.29, 1.82) is 5.26 Å². The lowest BCUT2D eigenvalue weighted by molar-refractivity contribution is -0.137. The highest BCUT2D eigenvalue weighted by Gasteiger charge is 2.32. The number of halogens is 3. The predicted molar refractivity (Wildman–Crippen MR) is 90.6 cm³/mol. The molecule has 0 radical (unpaired) electrons. The van der Waals surface area contributed by atoms with Crippen molar-refractivity contribution >= 4 is 11.7 Å². The van der Waals surface area contributed by atoms with Crippen LogP contribution in [0.4, 0.5) is 18.9 Å². The van der Waals surface area contributed by atoms with Crippen LogP contribution in [0.5, 0.6) is 0 Å². The molecule has 0 aliphatic heterocycles. The highest BCUT2D eigenvalue weighted by molar-refractivity contribution is 5.96. The van der Waals surface area contributed by atoms with Crippen LogP contribution in [0.1, 0.15) is 21.6 Å². The Kier molecular flexibility index (Phi) is 4.41. The molecule has 2 heterocycles. The number of anilines is 1. The number of aromatic nitrogens is 2. The van der Waals surface area contributed by atoms with Crippen LogP contribution >= 0.6 is 0 Å². The number of methoxy groups -OCH3 is 1. The molecule has 0 saturated carbocycles. The van der Waals surface area contributed by atoms with Crippen LogP contribution in [0.3, 0.4) is 0 Å². The second-order valence-corrected chi connectivity index (χ2v) is 5.57. The molecule has 27 heavy (non-hydrogen) atoms. The summed E-state index contributed by atoms with van der Waals surface area (Å²) in [4.78, 5) is 12.2. The molecule has 0 fully saturated rings. The van der Waals surface area contributed by atoms with Crippen molar-refractivity contribution < 1.29 is 22.7 Å². The van der Waals surface area contributed by atoms with Gasteiger partial charge >= 0.3 is 12.1 Å². The number of hydrogen-bond acceptors (Lipinski definition) is 4. The quantitative estimate of drug-likeness (QED) is 0.711. The molecule has 138 valence electrons. The first-order valence-electron chi connectivity index (χ1n) is 7.62. The number of hydrogen-bond donors (Lipinski definition) is 1. The predicted octanol–water partition coefficient (Wildman–Crippen LogP) is 3.53. The first kappa shape index (κ1) is 18.1. The number of alkyl halides is 3. The largest absolute Gasteiger partial charge is 0.464 e. The third-order valence-corrected chi connectivity index (χ3v) is 3.99. The highest BCUT2D eigenvalue weighted by Crippen LogP contribution is 2.35. The number of esters is 1. The Hall–Kier alpha value is -3.67. The third-order valence-electron chi connectivity index (χ3n) is 3.99. The Labute approximate surface area is 151 Å². The van der Waals surface area contributed by atoms with Gasteiger partial charge in [0, 0.05) is 18.6 Å². The van der Waals surface area contributed by atoms with Crippen LogP contribution in [0.2, 0.25) is 0 Å². The van der Waals surface area contributed by atoms with Crippen LogP contribution in [-0.2, 0) is 10.9 Å². The molecule has 0 atom stereocenters. The first-order valence-corrected chi connectivity index (χ1v) is 7.62. The SMILES string of the molecule is COC(=O)c1c(N)c(C#N)cn1-c1cc(C(F)(F)F)ccc1-n1cccc1. The van der Waals surface area contributed by atoms with E-state index in [0.29, 0.717) is 5.69 Å². The second kappa shape index (κ2) is 6.57. The van der Waals surface area contributed by atoms with E-state index >= 15 is 0 Å². The molecule has 3 rings (SSSR count). The number of nitriles is 1. The van der Waals surface area contributed by atoms with Gasteiger partial charge in [0.2, 0.25) is 0 Å². The lowest BCUT2D eigenvalue weighted by Crippen LogP contribution is -2.14. The maximum absolute atomic E-state index is 13.2. The van der Waals surface area contributed by atoms with Crippen LogP contribution in [-0.4, -0.2) is 22.2 Å². The van der Waals surface area contributed by atoms with E-state index in [1.807, 2.05) is 6.07 Å². The van der Waals surface area contributed by atoms with Crippen LogP contribution in [0, 0.1) is 11.3 Å². The van der Waals surface area contributed by atoms with E-state index in [1.54, 1.807) is 29.1 Å². The van der Waals surface area contributed by atoms with Gasteiger partial charge in [-0.3, -0.25) is 0 Å². The number of nitrogen functional groups attached to an aromatic ring is 1. The summed E-state index contributed by atoms with van der Waals surface area (Å²) < 4.78 is 47.2. The van der Waals surface area contributed by atoms with Crippen molar-refractivity contribution in [2.24, 2.45) is 0 Å². The van der Waals surface area contributed by atoms with Crippen molar-refractivity contribution in [2.75, 3.05) is 12.8 Å². The van der Waals surface area contributed by atoms with E-state index in [-0.39, 0.29) is 22.6 Å². The molecule has 0 aliphatic carbocycles. The van der Waals surface area contributed by atoms with Gasteiger partial charge < -0.3 is 19.6 Å². The zero-order valence-corrected chi connectivity index (χ0v) is 14.0. The van der Waals surface area contributed by atoms with Crippen molar-refractivity contribution in [2.45, 2.75) is 6.18 Å². The number of ether oxygens (including phenoxy) is 1. The van der Waals surface area contributed by atoms with E-state index in [4.69, 9.17) is 5.73 Å². The normalized spacial score (nSPS) is 11.2. The van der Waals surface area contributed by atoms with Crippen LogP contribution in [0.15, 0.2) is 48.9 Å². The van der Waals surface area contributed by atoms with Gasteiger partial charge in [-0.25, -0.2) is 4.79 Å². The van der Waals surface area contributed by atoms with Crippen LogP contribution < -0.4 is 5.73 Å². The molecule has 0 amide bonds. The molecule has 3 aromatic rings. The minimum absolute atomic E-state index is 0.0228. The van der Waals surface area contributed by atoms with Gasteiger partial charge in [0.05, 0.1) is 35.3 Å². The standard InChI is InChI=1S/C18H13F3N4O2/c1-27-17(26)16-15(23)11(9-22)10-25(16)14-8-12(18(19,20)21)4-5-13(14)24-6-2-3-7-24/h2-8,10H,23H2,1H3. The molecule has 9 heteroatoms. The fourth-order valence-electron chi connectivity index (χ4n) is 2.71. The fraction of sp³-hybridized carbons (Fsp3) is 0.111. The molecule has 6 nitrogen and oxygen atoms in total. The zero-order chi connectivity index (χ0) is 19.8. The van der Waals surface area contributed by atoms with Gasteiger partial charge in [0.25, 0.3) is 0 Å². The van der Waals surface area contributed by atoms with Gasteiger partial charge in [-0.15, -0.1) is 0 Å². The Morgan fingerprint density at radius 2 is 1.89 bits per heavy atom. The summed E-state index contributed by atoms with van der Waals surface area (Å²) in [6.07, 6.45) is -0.0971. The lowest BCUT2D eigenvalue weighted by Gasteiger charge is -2.17. The smallest absolute Gasteiger partial charge is 0.416 e. The van der Waals surface area contributed by atoms with Crippen molar-refractivity contribution in [3.63, 3.8) is 0 Å². The molecule has 0 unspecified atom stereocenters. The van der Waals surface area contributed by atoms with E-state index in [0.717, 1.165) is 23.8 Å². The Morgan fingerprint density at radius 3 is 2.44 bits per heavy atom. The summed E-state index contributed by atoms with van der Waals surface area (Å²) in [5.74, 6) is -0.870. The molecular formula is C18H13F3N4O2. The summed E-state index contributed by atoms with van der Waals surface area (Å²) in [6, 6.07) is 8.33. The zero-order valence-electron chi connectivity index (χ0n) is 14.0. The third kappa shape index (κ3) is 3.13. The summed E-state index contributed by atoms with van der Waals surface area (Å²) in [6.45, 7) is 0. The fourth-order valence-corrected chi connectivity index (χ4v) is 2.71. The van der Waals surface area contributed by atoms with Gasteiger partial charge in [-0.05, 0) is 30.3 Å². The molecular weight excluding hydrogens is 361 g/mol. The summed E-state index contributed by atoms with van der Waals surface area (Å²) in [5.41, 5.74) is 4.89. The van der Waals surface area contributed by atoms with E-state index in [1.165, 1.54) is 12.3 Å². The molecule has 0 saturated heterocycles. The van der Waals surface area contributed by atoms with Crippen molar-refractivity contribution in [3.8, 4) is 17.4 Å². The minimum Gasteiger partial charge on any atom is -0.464 e. The van der Waals surface area contributed by atoms with Gasteiger partial charge in [-0.1, -0.05) is 0 Å². The van der Waals surface area contributed by atoms with Crippen molar-refractivity contribution in [1.82, 2.24) is 9.13 Å². The molecule has 2 aromatic heterocycles. The number of nitrogens with zero attached hydrogens (tertiary/aromatic N) is 3. The maximum atomic E-state index is 13.2. The van der Waals surface area contributed by atoms with Crippen LogP contribution in [0.25, 0.3) is 11.4 Å². The Bertz CT molecular complexity index is 1040. The first-order chi connectivity index (χ1) is 12.8.